The summed E-state index contributed by atoms with van der Waals surface area (Å²) in [6, 6.07) is 4.00. The van der Waals surface area contributed by atoms with Gasteiger partial charge in [-0.3, -0.25) is 0 Å². The molecular formula is C14H13F4N5O. The van der Waals surface area contributed by atoms with Gasteiger partial charge in [0.1, 0.15) is 0 Å². The monoisotopic (exact) mass is 343 g/mol. The third-order valence-corrected chi connectivity index (χ3v) is 3.73. The SMILES string of the molecule is COc1cc(C2CCN2c2nc(N)nc(C(F)(F)F)n2)ccc1F. The molecule has 0 spiro atoms. The average Bonchev–Trinajstić information content (AvgIpc) is 2.46. The van der Waals surface area contributed by atoms with Crippen molar-refractivity contribution in [2.45, 2.75) is 18.6 Å². The second kappa shape index (κ2) is 5.77. The molecule has 1 aliphatic heterocycles. The lowest BCUT2D eigenvalue weighted by Gasteiger charge is -2.41. The van der Waals surface area contributed by atoms with Crippen LogP contribution in [0.1, 0.15) is 23.9 Å². The Morgan fingerprint density at radius 2 is 2.00 bits per heavy atom. The Morgan fingerprint density at radius 1 is 1.25 bits per heavy atom. The minimum Gasteiger partial charge on any atom is -0.494 e. The number of nitrogens with two attached hydrogens (primary N) is 1. The van der Waals surface area contributed by atoms with Gasteiger partial charge in [-0.15, -0.1) is 0 Å². The van der Waals surface area contributed by atoms with E-state index in [2.05, 4.69) is 15.0 Å². The van der Waals surface area contributed by atoms with Crippen molar-refractivity contribution in [3.8, 4) is 5.75 Å². The fourth-order valence-corrected chi connectivity index (χ4v) is 2.49. The van der Waals surface area contributed by atoms with Crippen molar-refractivity contribution >= 4 is 11.9 Å². The lowest BCUT2D eigenvalue weighted by Crippen LogP contribution is -2.42. The highest BCUT2D eigenvalue weighted by Gasteiger charge is 2.38. The third-order valence-electron chi connectivity index (χ3n) is 3.73. The van der Waals surface area contributed by atoms with E-state index in [0.717, 1.165) is 0 Å². The van der Waals surface area contributed by atoms with E-state index in [0.29, 0.717) is 18.5 Å². The van der Waals surface area contributed by atoms with Crippen LogP contribution in [0.15, 0.2) is 18.2 Å². The Labute approximate surface area is 134 Å². The standard InChI is InChI=1S/C14H13F4N5O/c1-24-10-6-7(2-3-8(10)15)9-4-5-23(9)13-21-11(14(16,17)18)20-12(19)22-13/h2-3,6,9H,4-5H2,1H3,(H2,19,20,21,22). The van der Waals surface area contributed by atoms with Crippen molar-refractivity contribution in [3.05, 3.63) is 35.4 Å². The van der Waals surface area contributed by atoms with Gasteiger partial charge in [0.05, 0.1) is 13.2 Å². The number of methoxy groups -OCH3 is 1. The van der Waals surface area contributed by atoms with E-state index in [1.165, 1.54) is 19.2 Å². The van der Waals surface area contributed by atoms with Gasteiger partial charge >= 0.3 is 6.18 Å². The van der Waals surface area contributed by atoms with Crippen molar-refractivity contribution in [1.29, 1.82) is 0 Å². The molecule has 2 heterocycles. The molecule has 1 fully saturated rings. The summed E-state index contributed by atoms with van der Waals surface area (Å²) in [5, 5.41) is 0. The molecule has 0 bridgehead atoms. The Kier molecular flexibility index (Phi) is 3.90. The van der Waals surface area contributed by atoms with Gasteiger partial charge in [0.15, 0.2) is 11.6 Å². The van der Waals surface area contributed by atoms with Crippen molar-refractivity contribution in [1.82, 2.24) is 15.0 Å². The molecule has 1 saturated heterocycles. The molecule has 0 amide bonds. The van der Waals surface area contributed by atoms with E-state index < -0.39 is 23.8 Å². The average molecular weight is 343 g/mol. The van der Waals surface area contributed by atoms with Gasteiger partial charge in [-0.25, -0.2) is 4.39 Å². The van der Waals surface area contributed by atoms with Crippen LogP contribution in [-0.4, -0.2) is 28.6 Å². The summed E-state index contributed by atoms with van der Waals surface area (Å²) in [6.07, 6.45) is -4.06. The van der Waals surface area contributed by atoms with Crippen molar-refractivity contribution < 1.29 is 22.3 Å². The largest absolute Gasteiger partial charge is 0.494 e. The maximum Gasteiger partial charge on any atom is 0.451 e. The Balaban J connectivity index is 1.93. The molecular weight excluding hydrogens is 330 g/mol. The first kappa shape index (κ1) is 16.2. The fourth-order valence-electron chi connectivity index (χ4n) is 2.49. The van der Waals surface area contributed by atoms with E-state index in [1.807, 2.05) is 0 Å². The molecule has 6 nitrogen and oxygen atoms in total. The van der Waals surface area contributed by atoms with Gasteiger partial charge < -0.3 is 15.4 Å². The van der Waals surface area contributed by atoms with Gasteiger partial charge in [-0.2, -0.15) is 28.1 Å². The lowest BCUT2D eigenvalue weighted by atomic mass is 9.95. The summed E-state index contributed by atoms with van der Waals surface area (Å²) in [5.74, 6) is -2.46. The maximum absolute atomic E-state index is 13.5. The molecule has 1 aliphatic rings. The summed E-state index contributed by atoms with van der Waals surface area (Å²) in [6.45, 7) is 0.450. The molecule has 0 saturated carbocycles. The van der Waals surface area contributed by atoms with Crippen LogP contribution < -0.4 is 15.4 Å². The normalized spacial score (nSPS) is 17.5. The quantitative estimate of drug-likeness (QED) is 0.863. The highest BCUT2D eigenvalue weighted by Crippen LogP contribution is 2.38. The molecule has 1 aromatic heterocycles. The topological polar surface area (TPSA) is 77.2 Å². The summed E-state index contributed by atoms with van der Waals surface area (Å²) < 4.78 is 56.9. The molecule has 24 heavy (non-hydrogen) atoms. The number of benzene rings is 1. The van der Waals surface area contributed by atoms with Gasteiger partial charge in [0.25, 0.3) is 0 Å². The minimum atomic E-state index is -4.72. The van der Waals surface area contributed by atoms with Crippen molar-refractivity contribution in [2.75, 3.05) is 24.3 Å². The molecule has 128 valence electrons. The zero-order valence-corrected chi connectivity index (χ0v) is 12.5. The highest BCUT2D eigenvalue weighted by atomic mass is 19.4. The number of rotatable bonds is 3. The minimum absolute atomic E-state index is 0.0606. The lowest BCUT2D eigenvalue weighted by molar-refractivity contribution is -0.144. The van der Waals surface area contributed by atoms with E-state index in [1.54, 1.807) is 11.0 Å². The number of alkyl halides is 3. The van der Waals surface area contributed by atoms with Crippen LogP contribution in [0.25, 0.3) is 0 Å². The van der Waals surface area contributed by atoms with Crippen LogP contribution in [0.3, 0.4) is 0 Å². The van der Waals surface area contributed by atoms with Crippen LogP contribution in [0, 0.1) is 5.82 Å². The Bertz CT molecular complexity index is 767. The highest BCUT2D eigenvalue weighted by molar-refractivity contribution is 5.45. The molecule has 0 aliphatic carbocycles. The van der Waals surface area contributed by atoms with Crippen LogP contribution >= 0.6 is 0 Å². The molecule has 0 radical (unpaired) electrons. The summed E-state index contributed by atoms with van der Waals surface area (Å²) in [7, 11) is 1.34. The second-order valence-corrected chi connectivity index (χ2v) is 5.21. The van der Waals surface area contributed by atoms with Crippen LogP contribution in [0.5, 0.6) is 5.75 Å². The number of hydrogen-bond donors (Lipinski definition) is 1. The van der Waals surface area contributed by atoms with Gasteiger partial charge in [0, 0.05) is 6.54 Å². The van der Waals surface area contributed by atoms with Crippen molar-refractivity contribution in [3.63, 3.8) is 0 Å². The first-order valence-electron chi connectivity index (χ1n) is 6.98. The number of anilines is 2. The van der Waals surface area contributed by atoms with Gasteiger partial charge in [-0.05, 0) is 24.1 Å². The van der Waals surface area contributed by atoms with Gasteiger partial charge in [0.2, 0.25) is 17.7 Å². The van der Waals surface area contributed by atoms with Crippen LogP contribution in [-0.2, 0) is 6.18 Å². The number of aromatic nitrogens is 3. The molecule has 1 aromatic carbocycles. The molecule has 1 atom stereocenters. The number of hydrogen-bond acceptors (Lipinski definition) is 6. The van der Waals surface area contributed by atoms with Gasteiger partial charge in [-0.1, -0.05) is 6.07 Å². The summed E-state index contributed by atoms with van der Waals surface area (Å²) in [4.78, 5) is 11.9. The first-order chi connectivity index (χ1) is 11.3. The molecule has 2 N–H and O–H groups in total. The number of ether oxygens (including phenoxy) is 1. The van der Waals surface area contributed by atoms with Crippen LogP contribution in [0.2, 0.25) is 0 Å². The maximum atomic E-state index is 13.5. The molecule has 3 rings (SSSR count). The predicted molar refractivity (Wildman–Crippen MR) is 76.9 cm³/mol. The zero-order chi connectivity index (χ0) is 17.5. The summed E-state index contributed by atoms with van der Waals surface area (Å²) >= 11 is 0. The van der Waals surface area contributed by atoms with Crippen molar-refractivity contribution in [2.24, 2.45) is 0 Å². The number of nitrogens with zero attached hydrogens (tertiary/aromatic N) is 4. The Hall–Kier alpha value is -2.65. The first-order valence-corrected chi connectivity index (χ1v) is 6.98. The van der Waals surface area contributed by atoms with E-state index >= 15 is 0 Å². The fraction of sp³-hybridized carbons (Fsp3) is 0.357. The predicted octanol–water partition coefficient (Wildman–Crippen LogP) is 2.57. The smallest absolute Gasteiger partial charge is 0.451 e. The molecule has 10 heteroatoms. The molecule has 2 aromatic rings. The number of nitrogen functional groups attached to an aromatic ring is 1. The van der Waals surface area contributed by atoms with Crippen LogP contribution in [0.4, 0.5) is 29.5 Å². The zero-order valence-electron chi connectivity index (χ0n) is 12.5. The Morgan fingerprint density at radius 3 is 2.58 bits per heavy atom. The van der Waals surface area contributed by atoms with E-state index in [4.69, 9.17) is 10.5 Å². The molecule has 1 unspecified atom stereocenters. The van der Waals surface area contributed by atoms with E-state index in [-0.39, 0.29) is 17.7 Å². The number of halogens is 4. The van der Waals surface area contributed by atoms with E-state index in [9.17, 15) is 17.6 Å². The third kappa shape index (κ3) is 2.91. The second-order valence-electron chi connectivity index (χ2n) is 5.21. The summed E-state index contributed by atoms with van der Waals surface area (Å²) in [5.41, 5.74) is 6.05.